The number of ether oxygens (including phenoxy) is 1. The van der Waals surface area contributed by atoms with Crippen molar-refractivity contribution in [1.82, 2.24) is 10.2 Å². The minimum Gasteiger partial charge on any atom is -0.376 e. The summed E-state index contributed by atoms with van der Waals surface area (Å²) >= 11 is 0. The molecule has 0 aromatic carbocycles. The van der Waals surface area contributed by atoms with Gasteiger partial charge in [-0.2, -0.15) is 0 Å². The minimum atomic E-state index is -0.302. The quantitative estimate of drug-likeness (QED) is 0.861. The van der Waals surface area contributed by atoms with Crippen LogP contribution >= 0.6 is 12.4 Å². The van der Waals surface area contributed by atoms with Gasteiger partial charge in [0, 0.05) is 20.2 Å². The second-order valence-corrected chi connectivity index (χ2v) is 5.64. The van der Waals surface area contributed by atoms with Crippen LogP contribution in [0.5, 0.6) is 0 Å². The maximum absolute atomic E-state index is 12.6. The van der Waals surface area contributed by atoms with Gasteiger partial charge in [0.05, 0.1) is 11.6 Å². The van der Waals surface area contributed by atoms with Gasteiger partial charge in [-0.3, -0.25) is 4.79 Å². The van der Waals surface area contributed by atoms with Gasteiger partial charge < -0.3 is 15.0 Å². The molecule has 1 amide bonds. The number of rotatable bonds is 4. The number of carbonyl (C=O) groups excluding carboxylic acids is 1. The highest BCUT2D eigenvalue weighted by molar-refractivity contribution is 5.86. The van der Waals surface area contributed by atoms with Crippen molar-refractivity contribution in [2.24, 2.45) is 0 Å². The van der Waals surface area contributed by atoms with Crippen LogP contribution in [0.1, 0.15) is 45.4 Å². The fourth-order valence-corrected chi connectivity index (χ4v) is 3.15. The van der Waals surface area contributed by atoms with E-state index in [9.17, 15) is 4.79 Å². The van der Waals surface area contributed by atoms with Crippen molar-refractivity contribution in [2.75, 3.05) is 26.7 Å². The first-order chi connectivity index (χ1) is 8.68. The number of halogens is 1. The predicted octanol–water partition coefficient (Wildman–Crippen LogP) is 1.97. The van der Waals surface area contributed by atoms with Gasteiger partial charge in [0.1, 0.15) is 0 Å². The van der Waals surface area contributed by atoms with Crippen LogP contribution in [0.15, 0.2) is 0 Å². The number of hydrogen-bond donors (Lipinski definition) is 1. The molecule has 0 saturated carbocycles. The average Bonchev–Trinajstić information content (AvgIpc) is 2.89. The molecule has 0 bridgehead atoms. The third-order valence-corrected chi connectivity index (χ3v) is 4.35. The van der Waals surface area contributed by atoms with Gasteiger partial charge >= 0.3 is 0 Å². The summed E-state index contributed by atoms with van der Waals surface area (Å²) in [5.74, 6) is 0.247. The Balaban J connectivity index is 0.00000180. The molecule has 19 heavy (non-hydrogen) atoms. The van der Waals surface area contributed by atoms with Gasteiger partial charge in [-0.05, 0) is 45.1 Å². The fourth-order valence-electron chi connectivity index (χ4n) is 3.15. The van der Waals surface area contributed by atoms with Crippen molar-refractivity contribution >= 4 is 18.3 Å². The summed E-state index contributed by atoms with van der Waals surface area (Å²) in [6.07, 6.45) is 6.67. The van der Waals surface area contributed by atoms with Crippen LogP contribution in [0.4, 0.5) is 0 Å². The van der Waals surface area contributed by atoms with Crippen molar-refractivity contribution in [3.63, 3.8) is 0 Å². The molecule has 5 heteroatoms. The van der Waals surface area contributed by atoms with E-state index in [1.165, 1.54) is 6.42 Å². The second kappa shape index (κ2) is 7.46. The van der Waals surface area contributed by atoms with Crippen LogP contribution in [0, 0.1) is 0 Å². The van der Waals surface area contributed by atoms with Gasteiger partial charge in [-0.1, -0.05) is 6.92 Å². The van der Waals surface area contributed by atoms with Crippen LogP contribution < -0.4 is 5.32 Å². The summed E-state index contributed by atoms with van der Waals surface area (Å²) < 4.78 is 5.71. The Bertz CT molecular complexity index is 287. The summed E-state index contributed by atoms with van der Waals surface area (Å²) in [5, 5.41) is 3.41. The minimum absolute atomic E-state index is 0. The molecule has 2 unspecified atom stereocenters. The second-order valence-electron chi connectivity index (χ2n) is 5.64. The van der Waals surface area contributed by atoms with Crippen molar-refractivity contribution in [3.8, 4) is 0 Å². The molecule has 1 N–H and O–H groups in total. The third kappa shape index (κ3) is 3.83. The zero-order valence-electron chi connectivity index (χ0n) is 12.1. The highest BCUT2D eigenvalue weighted by Gasteiger charge is 2.41. The molecule has 0 aromatic heterocycles. The van der Waals surface area contributed by atoms with E-state index in [1.807, 2.05) is 11.9 Å². The Morgan fingerprint density at radius 1 is 1.42 bits per heavy atom. The highest BCUT2D eigenvalue weighted by atomic mass is 35.5. The first-order valence-corrected chi connectivity index (χ1v) is 7.30. The van der Waals surface area contributed by atoms with E-state index in [4.69, 9.17) is 4.74 Å². The average molecular weight is 291 g/mol. The number of hydrogen-bond acceptors (Lipinski definition) is 3. The summed E-state index contributed by atoms with van der Waals surface area (Å²) in [6.45, 7) is 4.65. The topological polar surface area (TPSA) is 41.6 Å². The smallest absolute Gasteiger partial charge is 0.242 e. The van der Waals surface area contributed by atoms with Crippen LogP contribution in [-0.2, 0) is 9.53 Å². The molecule has 0 radical (unpaired) electrons. The third-order valence-electron chi connectivity index (χ3n) is 4.35. The van der Waals surface area contributed by atoms with Gasteiger partial charge in [0.15, 0.2) is 0 Å². The number of likely N-dealkylation sites (N-methyl/N-ethyl adjacent to an activating group) is 1. The maximum Gasteiger partial charge on any atom is 0.242 e. The van der Waals surface area contributed by atoms with E-state index in [-0.39, 0.29) is 30.0 Å². The Morgan fingerprint density at radius 3 is 2.74 bits per heavy atom. The van der Waals surface area contributed by atoms with Gasteiger partial charge in [0.25, 0.3) is 0 Å². The van der Waals surface area contributed by atoms with E-state index >= 15 is 0 Å². The van der Waals surface area contributed by atoms with E-state index in [2.05, 4.69) is 12.2 Å². The molecule has 2 saturated heterocycles. The SMILES string of the molecule is CCC1(C(=O)N(C)CC2CCCCO2)CCCN1.Cl. The lowest BCUT2D eigenvalue weighted by Crippen LogP contribution is -2.55. The van der Waals surface area contributed by atoms with Gasteiger partial charge in [-0.15, -0.1) is 12.4 Å². The molecule has 2 aliphatic heterocycles. The zero-order valence-corrected chi connectivity index (χ0v) is 12.9. The lowest BCUT2D eigenvalue weighted by atomic mass is 9.92. The number of amides is 1. The first kappa shape index (κ1) is 16.7. The summed E-state index contributed by atoms with van der Waals surface area (Å²) in [5.41, 5.74) is -0.302. The van der Waals surface area contributed by atoms with Crippen LogP contribution in [-0.4, -0.2) is 49.2 Å². The zero-order chi connectivity index (χ0) is 13.0. The molecule has 2 atom stereocenters. The molecule has 0 spiro atoms. The Kier molecular flexibility index (Phi) is 6.57. The molecule has 2 rings (SSSR count). The molecule has 4 nitrogen and oxygen atoms in total. The van der Waals surface area contributed by atoms with E-state index in [0.29, 0.717) is 0 Å². The monoisotopic (exact) mass is 290 g/mol. The summed E-state index contributed by atoms with van der Waals surface area (Å²) in [6, 6.07) is 0. The number of nitrogens with zero attached hydrogens (tertiary/aromatic N) is 1. The molecule has 2 heterocycles. The normalized spacial score (nSPS) is 30.7. The molecule has 0 aliphatic carbocycles. The van der Waals surface area contributed by atoms with E-state index in [0.717, 1.165) is 51.8 Å². The standard InChI is InChI=1S/C14H26N2O2.ClH/c1-3-14(8-6-9-15-14)13(17)16(2)11-12-7-4-5-10-18-12;/h12,15H,3-11H2,1-2H3;1H. The van der Waals surface area contributed by atoms with Crippen molar-refractivity contribution in [2.45, 2.75) is 57.1 Å². The molecule has 2 fully saturated rings. The molecule has 2 aliphatic rings. The largest absolute Gasteiger partial charge is 0.376 e. The molecular weight excluding hydrogens is 264 g/mol. The summed E-state index contributed by atoms with van der Waals surface area (Å²) in [4.78, 5) is 14.5. The number of carbonyl (C=O) groups is 1. The summed E-state index contributed by atoms with van der Waals surface area (Å²) in [7, 11) is 1.91. The fraction of sp³-hybridized carbons (Fsp3) is 0.929. The Morgan fingerprint density at radius 2 is 2.21 bits per heavy atom. The van der Waals surface area contributed by atoms with Crippen molar-refractivity contribution < 1.29 is 9.53 Å². The first-order valence-electron chi connectivity index (χ1n) is 7.30. The van der Waals surface area contributed by atoms with Gasteiger partial charge in [0.2, 0.25) is 5.91 Å². The number of nitrogens with one attached hydrogen (secondary N) is 1. The van der Waals surface area contributed by atoms with Crippen molar-refractivity contribution in [1.29, 1.82) is 0 Å². The van der Waals surface area contributed by atoms with E-state index < -0.39 is 0 Å². The van der Waals surface area contributed by atoms with Crippen LogP contribution in [0.3, 0.4) is 0 Å². The molecule has 0 aromatic rings. The van der Waals surface area contributed by atoms with Crippen molar-refractivity contribution in [3.05, 3.63) is 0 Å². The predicted molar refractivity (Wildman–Crippen MR) is 78.7 cm³/mol. The van der Waals surface area contributed by atoms with E-state index in [1.54, 1.807) is 0 Å². The van der Waals surface area contributed by atoms with Gasteiger partial charge in [-0.25, -0.2) is 0 Å². The highest BCUT2D eigenvalue weighted by Crippen LogP contribution is 2.25. The Labute approximate surface area is 122 Å². The lowest BCUT2D eigenvalue weighted by Gasteiger charge is -2.34. The Hall–Kier alpha value is -0.320. The molecular formula is C14H27ClN2O2. The molecule has 112 valence electrons. The lowest BCUT2D eigenvalue weighted by molar-refractivity contribution is -0.139. The van der Waals surface area contributed by atoms with Crippen LogP contribution in [0.2, 0.25) is 0 Å². The maximum atomic E-state index is 12.6. The van der Waals surface area contributed by atoms with Crippen LogP contribution in [0.25, 0.3) is 0 Å².